The second-order valence-corrected chi connectivity index (χ2v) is 6.67. The number of halogens is 2. The number of amides is 2. The van der Waals surface area contributed by atoms with E-state index >= 15 is 0 Å². The summed E-state index contributed by atoms with van der Waals surface area (Å²) in [7, 11) is 0. The van der Waals surface area contributed by atoms with Gasteiger partial charge in [0, 0.05) is 11.4 Å². The van der Waals surface area contributed by atoms with Crippen molar-refractivity contribution in [2.75, 3.05) is 10.6 Å². The molecule has 0 unspecified atom stereocenters. The van der Waals surface area contributed by atoms with Crippen LogP contribution in [0.5, 0.6) is 0 Å². The van der Waals surface area contributed by atoms with Crippen molar-refractivity contribution in [2.24, 2.45) is 0 Å². The number of carbonyl (C=O) groups excluding carboxylic acids is 2. The molecule has 0 aliphatic carbocycles. The van der Waals surface area contributed by atoms with Crippen molar-refractivity contribution in [3.05, 3.63) is 88.0 Å². The predicted octanol–water partition coefficient (Wildman–Crippen LogP) is 5.00. The van der Waals surface area contributed by atoms with Gasteiger partial charge in [-0.2, -0.15) is 0 Å². The lowest BCUT2D eigenvalue weighted by molar-refractivity contribution is 0.101. The fourth-order valence-electron chi connectivity index (χ4n) is 2.51. The maximum absolute atomic E-state index is 13.2. The van der Waals surface area contributed by atoms with Crippen LogP contribution in [0.1, 0.15) is 32.1 Å². The molecule has 0 atom stereocenters. The Hall–Kier alpha value is -3.25. The number of pyridine rings is 1. The van der Waals surface area contributed by atoms with Gasteiger partial charge in [-0.1, -0.05) is 29.8 Å². The zero-order valence-electron chi connectivity index (χ0n) is 15.2. The van der Waals surface area contributed by atoms with Gasteiger partial charge in [-0.05, 0) is 61.4 Å². The van der Waals surface area contributed by atoms with Crippen LogP contribution >= 0.6 is 11.6 Å². The summed E-state index contributed by atoms with van der Waals surface area (Å²) >= 11 is 5.72. The lowest BCUT2D eigenvalue weighted by atomic mass is 10.1. The molecule has 0 fully saturated rings. The molecule has 0 spiro atoms. The minimum Gasteiger partial charge on any atom is -0.321 e. The second kappa shape index (κ2) is 8.19. The molecule has 0 saturated carbocycles. The number of aromatic nitrogens is 1. The van der Waals surface area contributed by atoms with Crippen LogP contribution in [-0.2, 0) is 0 Å². The van der Waals surface area contributed by atoms with Crippen molar-refractivity contribution in [1.82, 2.24) is 4.98 Å². The minimum atomic E-state index is -0.581. The normalized spacial score (nSPS) is 10.4. The number of aryl methyl sites for hydroxylation is 2. The predicted molar refractivity (Wildman–Crippen MR) is 107 cm³/mol. The van der Waals surface area contributed by atoms with Crippen LogP contribution in [0.2, 0.25) is 5.02 Å². The van der Waals surface area contributed by atoms with Gasteiger partial charge in [0.25, 0.3) is 11.8 Å². The van der Waals surface area contributed by atoms with E-state index in [2.05, 4.69) is 15.6 Å². The van der Waals surface area contributed by atoms with Gasteiger partial charge in [-0.3, -0.25) is 9.59 Å². The number of benzene rings is 2. The van der Waals surface area contributed by atoms with Gasteiger partial charge in [0.05, 0.1) is 5.02 Å². The maximum atomic E-state index is 13.2. The molecule has 5 nitrogen and oxygen atoms in total. The maximum Gasteiger partial charge on any atom is 0.274 e. The highest BCUT2D eigenvalue weighted by atomic mass is 35.5. The van der Waals surface area contributed by atoms with Crippen LogP contribution < -0.4 is 10.6 Å². The highest BCUT2D eigenvalue weighted by Crippen LogP contribution is 2.20. The van der Waals surface area contributed by atoms with Crippen molar-refractivity contribution in [3.8, 4) is 0 Å². The van der Waals surface area contributed by atoms with E-state index in [1.807, 2.05) is 32.0 Å². The third kappa shape index (κ3) is 4.53. The molecule has 7 heteroatoms. The molecule has 0 aliphatic rings. The van der Waals surface area contributed by atoms with Gasteiger partial charge in [0.2, 0.25) is 0 Å². The molecular weight excluding hydrogens is 381 g/mol. The monoisotopic (exact) mass is 397 g/mol. The van der Waals surface area contributed by atoms with Crippen LogP contribution in [-0.4, -0.2) is 16.8 Å². The third-order valence-corrected chi connectivity index (χ3v) is 4.32. The van der Waals surface area contributed by atoms with Crippen LogP contribution in [0.3, 0.4) is 0 Å². The summed E-state index contributed by atoms with van der Waals surface area (Å²) in [5.74, 6) is -1.54. The van der Waals surface area contributed by atoms with E-state index in [1.54, 1.807) is 6.07 Å². The number of anilines is 2. The van der Waals surface area contributed by atoms with Crippen molar-refractivity contribution < 1.29 is 14.0 Å². The fourth-order valence-corrected chi connectivity index (χ4v) is 2.69. The molecule has 2 N–H and O–H groups in total. The molecule has 2 amide bonds. The molecule has 0 aliphatic heterocycles. The topological polar surface area (TPSA) is 71.1 Å². The lowest BCUT2D eigenvalue weighted by Crippen LogP contribution is -2.19. The molecule has 3 rings (SSSR count). The average Bonchev–Trinajstić information content (AvgIpc) is 2.67. The zero-order valence-corrected chi connectivity index (χ0v) is 16.0. The van der Waals surface area contributed by atoms with E-state index in [0.717, 1.165) is 17.2 Å². The van der Waals surface area contributed by atoms with Gasteiger partial charge in [0.1, 0.15) is 17.2 Å². The number of nitrogens with zero attached hydrogens (tertiary/aromatic N) is 1. The van der Waals surface area contributed by atoms with Gasteiger partial charge in [-0.25, -0.2) is 9.37 Å². The van der Waals surface area contributed by atoms with Gasteiger partial charge < -0.3 is 10.6 Å². The van der Waals surface area contributed by atoms with E-state index in [0.29, 0.717) is 11.4 Å². The molecule has 142 valence electrons. The summed E-state index contributed by atoms with van der Waals surface area (Å²) in [6.45, 7) is 3.82. The number of hydrogen-bond donors (Lipinski definition) is 2. The first-order valence-electron chi connectivity index (χ1n) is 8.45. The Balaban J connectivity index is 1.77. The quantitative estimate of drug-likeness (QED) is 0.651. The fraction of sp³-hybridized carbons (Fsp3) is 0.0952. The smallest absolute Gasteiger partial charge is 0.274 e. The largest absolute Gasteiger partial charge is 0.321 e. The van der Waals surface area contributed by atoms with Gasteiger partial charge in [-0.15, -0.1) is 0 Å². The van der Waals surface area contributed by atoms with E-state index in [9.17, 15) is 14.0 Å². The van der Waals surface area contributed by atoms with Crippen LogP contribution in [0.4, 0.5) is 15.8 Å². The molecule has 0 saturated heterocycles. The number of carbonyl (C=O) groups is 2. The molecule has 0 bridgehead atoms. The molecule has 28 heavy (non-hydrogen) atoms. The van der Waals surface area contributed by atoms with Crippen molar-refractivity contribution in [2.45, 2.75) is 13.8 Å². The first-order valence-corrected chi connectivity index (χ1v) is 8.83. The SMILES string of the molecule is Cc1ccc(C)c(NC(=O)c2cccc(C(=O)Nc3ccc(F)c(Cl)c3)n2)c1. The average molecular weight is 398 g/mol. The van der Waals surface area contributed by atoms with Crippen LogP contribution in [0, 0.1) is 19.7 Å². The van der Waals surface area contributed by atoms with E-state index < -0.39 is 17.6 Å². The highest BCUT2D eigenvalue weighted by molar-refractivity contribution is 6.31. The van der Waals surface area contributed by atoms with Crippen LogP contribution in [0.25, 0.3) is 0 Å². The Morgan fingerprint density at radius 3 is 2.29 bits per heavy atom. The Labute approximate surface area is 166 Å². The Morgan fingerprint density at radius 2 is 1.61 bits per heavy atom. The molecule has 1 aromatic heterocycles. The van der Waals surface area contributed by atoms with E-state index in [1.165, 1.54) is 24.3 Å². The number of rotatable bonds is 4. The first-order chi connectivity index (χ1) is 13.3. The lowest BCUT2D eigenvalue weighted by Gasteiger charge is -2.10. The molecule has 0 radical (unpaired) electrons. The summed E-state index contributed by atoms with van der Waals surface area (Å²) < 4.78 is 13.2. The number of hydrogen-bond acceptors (Lipinski definition) is 3. The number of nitrogens with one attached hydrogen (secondary N) is 2. The highest BCUT2D eigenvalue weighted by Gasteiger charge is 2.14. The van der Waals surface area contributed by atoms with E-state index in [4.69, 9.17) is 11.6 Å². The Kier molecular flexibility index (Phi) is 5.70. The molecule has 2 aromatic carbocycles. The Morgan fingerprint density at radius 1 is 0.929 bits per heavy atom. The summed E-state index contributed by atoms with van der Waals surface area (Å²) in [5.41, 5.74) is 3.09. The standard InChI is InChI=1S/C21H17ClFN3O2/c1-12-6-7-13(2)19(10-12)26-21(28)18-5-3-4-17(25-18)20(27)24-14-8-9-16(23)15(22)11-14/h3-11H,1-2H3,(H,24,27)(H,26,28). The van der Waals surface area contributed by atoms with Crippen molar-refractivity contribution in [3.63, 3.8) is 0 Å². The minimum absolute atomic E-state index is 0.0501. The second-order valence-electron chi connectivity index (χ2n) is 6.26. The van der Waals surface area contributed by atoms with Crippen LogP contribution in [0.15, 0.2) is 54.6 Å². The summed E-state index contributed by atoms with van der Waals surface area (Å²) in [5, 5.41) is 5.27. The zero-order chi connectivity index (χ0) is 20.3. The van der Waals surface area contributed by atoms with Crippen molar-refractivity contribution in [1.29, 1.82) is 0 Å². The third-order valence-electron chi connectivity index (χ3n) is 4.03. The molecular formula is C21H17ClFN3O2. The van der Waals surface area contributed by atoms with E-state index in [-0.39, 0.29) is 16.4 Å². The Bertz CT molecular complexity index is 1070. The van der Waals surface area contributed by atoms with Gasteiger partial charge >= 0.3 is 0 Å². The van der Waals surface area contributed by atoms with Gasteiger partial charge in [0.15, 0.2) is 0 Å². The molecule has 3 aromatic rings. The summed E-state index contributed by atoms with van der Waals surface area (Å²) in [6, 6.07) is 14.1. The summed E-state index contributed by atoms with van der Waals surface area (Å²) in [6.07, 6.45) is 0. The van der Waals surface area contributed by atoms with Crippen molar-refractivity contribution >= 4 is 34.8 Å². The molecule has 1 heterocycles. The summed E-state index contributed by atoms with van der Waals surface area (Å²) in [4.78, 5) is 29.1. The first kappa shape index (κ1) is 19.5.